The number of imidazole rings is 1. The van der Waals surface area contributed by atoms with Crippen molar-refractivity contribution in [2.75, 3.05) is 26.6 Å². The number of hydrogen-bond donors (Lipinski definition) is 1. The number of nitrogens with zero attached hydrogens (tertiary/aromatic N) is 2. The number of rotatable bonds is 7. The van der Waals surface area contributed by atoms with Crippen molar-refractivity contribution in [3.05, 3.63) is 18.2 Å². The minimum absolute atomic E-state index is 0.0793. The molecule has 0 spiro atoms. The van der Waals surface area contributed by atoms with Gasteiger partial charge in [0.15, 0.2) is 0 Å². The molecule has 6 nitrogen and oxygen atoms in total. The number of hydrogen-bond acceptors (Lipinski definition) is 5. The number of benzene rings is 1. The second kappa shape index (κ2) is 6.78. The van der Waals surface area contributed by atoms with Gasteiger partial charge in [-0.05, 0) is 26.0 Å². The normalized spacial score (nSPS) is 13.0. The zero-order valence-electron chi connectivity index (χ0n) is 13.0. The van der Waals surface area contributed by atoms with Gasteiger partial charge in [-0.2, -0.15) is 0 Å². The van der Waals surface area contributed by atoms with Crippen LogP contribution in [0, 0.1) is 0 Å². The maximum atomic E-state index is 6.05. The van der Waals surface area contributed by atoms with Crippen LogP contribution in [-0.4, -0.2) is 42.6 Å². The first kappa shape index (κ1) is 15.6. The highest BCUT2D eigenvalue weighted by atomic mass is 16.5. The van der Waals surface area contributed by atoms with E-state index in [1.807, 2.05) is 36.6 Å². The molecule has 1 heterocycles. The molecular weight excluding hydrogens is 270 g/mol. The van der Waals surface area contributed by atoms with E-state index in [2.05, 4.69) is 4.98 Å². The minimum atomic E-state index is -0.0793. The maximum Gasteiger partial charge on any atom is 0.201 e. The van der Waals surface area contributed by atoms with Gasteiger partial charge in [0.1, 0.15) is 11.3 Å². The molecule has 0 radical (unpaired) electrons. The molecule has 1 atom stereocenters. The number of nitrogen functional groups attached to an aromatic ring is 1. The first-order valence-corrected chi connectivity index (χ1v) is 7.00. The van der Waals surface area contributed by atoms with Crippen molar-refractivity contribution in [1.82, 2.24) is 9.55 Å². The summed E-state index contributed by atoms with van der Waals surface area (Å²) in [6, 6.07) is 5.82. The van der Waals surface area contributed by atoms with E-state index in [9.17, 15) is 0 Å². The fourth-order valence-corrected chi connectivity index (χ4v) is 2.26. The highest BCUT2D eigenvalue weighted by molar-refractivity contribution is 5.84. The number of aromatic nitrogens is 2. The zero-order valence-corrected chi connectivity index (χ0v) is 13.0. The maximum absolute atomic E-state index is 6.05. The van der Waals surface area contributed by atoms with E-state index in [0.29, 0.717) is 19.1 Å². The number of anilines is 1. The smallest absolute Gasteiger partial charge is 0.201 e. The van der Waals surface area contributed by atoms with Gasteiger partial charge in [0, 0.05) is 14.2 Å². The summed E-state index contributed by atoms with van der Waals surface area (Å²) in [6.07, 6.45) is 0.00608. The molecule has 0 aliphatic rings. The molecule has 116 valence electrons. The Morgan fingerprint density at radius 3 is 2.67 bits per heavy atom. The molecule has 0 bridgehead atoms. The average Bonchev–Trinajstić information content (AvgIpc) is 2.75. The minimum Gasteiger partial charge on any atom is -0.489 e. The van der Waals surface area contributed by atoms with E-state index in [-0.39, 0.29) is 12.2 Å². The Balaban J connectivity index is 2.38. The lowest BCUT2D eigenvalue weighted by molar-refractivity contribution is 0.0193. The lowest BCUT2D eigenvalue weighted by atomic mass is 10.2. The SMILES string of the molecule is COCC(Cn1c(N)nc2c(OC(C)C)cccc21)OC. The van der Waals surface area contributed by atoms with E-state index in [1.165, 1.54) is 0 Å². The monoisotopic (exact) mass is 293 g/mol. The number of methoxy groups -OCH3 is 2. The van der Waals surface area contributed by atoms with Gasteiger partial charge in [0.25, 0.3) is 0 Å². The number of ether oxygens (including phenoxy) is 3. The van der Waals surface area contributed by atoms with Gasteiger partial charge >= 0.3 is 0 Å². The Morgan fingerprint density at radius 2 is 2.05 bits per heavy atom. The highest BCUT2D eigenvalue weighted by Crippen LogP contribution is 2.28. The van der Waals surface area contributed by atoms with Gasteiger partial charge in [0.05, 0.1) is 30.9 Å². The first-order valence-electron chi connectivity index (χ1n) is 7.00. The van der Waals surface area contributed by atoms with Crippen LogP contribution in [0.5, 0.6) is 5.75 Å². The molecule has 0 aliphatic carbocycles. The first-order chi connectivity index (χ1) is 10.1. The summed E-state index contributed by atoms with van der Waals surface area (Å²) in [6.45, 7) is 5.05. The fourth-order valence-electron chi connectivity index (χ4n) is 2.26. The summed E-state index contributed by atoms with van der Waals surface area (Å²) in [4.78, 5) is 4.43. The molecule has 21 heavy (non-hydrogen) atoms. The largest absolute Gasteiger partial charge is 0.489 e. The molecule has 2 N–H and O–H groups in total. The van der Waals surface area contributed by atoms with Crippen LogP contribution in [0.2, 0.25) is 0 Å². The van der Waals surface area contributed by atoms with Crippen molar-refractivity contribution in [3.8, 4) is 5.75 Å². The van der Waals surface area contributed by atoms with Crippen molar-refractivity contribution in [2.24, 2.45) is 0 Å². The summed E-state index contributed by atoms with van der Waals surface area (Å²) in [5.74, 6) is 1.19. The second-order valence-electron chi connectivity index (χ2n) is 5.18. The second-order valence-corrected chi connectivity index (χ2v) is 5.18. The molecule has 6 heteroatoms. The molecule has 2 rings (SSSR count). The van der Waals surface area contributed by atoms with Crippen LogP contribution in [0.3, 0.4) is 0 Å². The van der Waals surface area contributed by atoms with Gasteiger partial charge in [-0.3, -0.25) is 0 Å². The average molecular weight is 293 g/mol. The predicted molar refractivity (Wildman–Crippen MR) is 82.6 cm³/mol. The zero-order chi connectivity index (χ0) is 15.4. The van der Waals surface area contributed by atoms with Crippen LogP contribution in [0.15, 0.2) is 18.2 Å². The van der Waals surface area contributed by atoms with Gasteiger partial charge in [0.2, 0.25) is 5.95 Å². The van der Waals surface area contributed by atoms with Gasteiger partial charge in [-0.25, -0.2) is 4.98 Å². The van der Waals surface area contributed by atoms with Gasteiger partial charge in [-0.1, -0.05) is 6.07 Å². The quantitative estimate of drug-likeness (QED) is 0.846. The third-order valence-corrected chi connectivity index (χ3v) is 3.21. The summed E-state index contributed by atoms with van der Waals surface area (Å²) in [5, 5.41) is 0. The molecule has 2 aromatic rings. The summed E-state index contributed by atoms with van der Waals surface area (Å²) in [5.41, 5.74) is 7.76. The van der Waals surface area contributed by atoms with E-state index in [0.717, 1.165) is 16.8 Å². The van der Waals surface area contributed by atoms with E-state index >= 15 is 0 Å². The number of para-hydroxylation sites is 1. The lowest BCUT2D eigenvalue weighted by Gasteiger charge is -2.16. The Kier molecular flexibility index (Phi) is 5.03. The fraction of sp³-hybridized carbons (Fsp3) is 0.533. The highest BCUT2D eigenvalue weighted by Gasteiger charge is 2.16. The van der Waals surface area contributed by atoms with E-state index in [4.69, 9.17) is 19.9 Å². The summed E-state index contributed by atoms with van der Waals surface area (Å²) >= 11 is 0. The van der Waals surface area contributed by atoms with E-state index < -0.39 is 0 Å². The van der Waals surface area contributed by atoms with Crippen LogP contribution in [-0.2, 0) is 16.0 Å². The molecule has 1 aromatic carbocycles. The molecule has 0 aliphatic heterocycles. The van der Waals surface area contributed by atoms with Crippen LogP contribution in [0.25, 0.3) is 11.0 Å². The van der Waals surface area contributed by atoms with Crippen molar-refractivity contribution in [3.63, 3.8) is 0 Å². The molecule has 1 aromatic heterocycles. The third kappa shape index (κ3) is 3.46. The van der Waals surface area contributed by atoms with Crippen LogP contribution < -0.4 is 10.5 Å². The van der Waals surface area contributed by atoms with Crippen LogP contribution in [0.1, 0.15) is 13.8 Å². The summed E-state index contributed by atoms with van der Waals surface area (Å²) < 4.78 is 18.3. The van der Waals surface area contributed by atoms with Crippen molar-refractivity contribution < 1.29 is 14.2 Å². The van der Waals surface area contributed by atoms with Crippen molar-refractivity contribution >= 4 is 17.0 Å². The third-order valence-electron chi connectivity index (χ3n) is 3.21. The van der Waals surface area contributed by atoms with Crippen molar-refractivity contribution in [2.45, 2.75) is 32.6 Å². The Labute approximate surface area is 124 Å². The Hall–Kier alpha value is -1.79. The van der Waals surface area contributed by atoms with Crippen LogP contribution >= 0.6 is 0 Å². The molecule has 0 fully saturated rings. The van der Waals surface area contributed by atoms with Crippen LogP contribution in [0.4, 0.5) is 5.95 Å². The Morgan fingerprint density at radius 1 is 1.29 bits per heavy atom. The van der Waals surface area contributed by atoms with Gasteiger partial charge < -0.3 is 24.5 Å². The molecule has 1 unspecified atom stereocenters. The lowest BCUT2D eigenvalue weighted by Crippen LogP contribution is -2.24. The summed E-state index contributed by atoms with van der Waals surface area (Å²) in [7, 11) is 3.31. The standard InChI is InChI=1S/C15H23N3O3/c1-10(2)21-13-7-5-6-12-14(13)17-15(16)18(12)8-11(20-4)9-19-3/h5-7,10-11H,8-9H2,1-4H3,(H2,16,17). The van der Waals surface area contributed by atoms with Crippen molar-refractivity contribution in [1.29, 1.82) is 0 Å². The Bertz CT molecular complexity index is 595. The van der Waals surface area contributed by atoms with E-state index in [1.54, 1.807) is 14.2 Å². The number of nitrogens with two attached hydrogens (primary N) is 1. The molecule has 0 saturated heterocycles. The number of fused-ring (bicyclic) bond motifs is 1. The molecular formula is C15H23N3O3. The predicted octanol–water partition coefficient (Wildman–Crippen LogP) is 2.07. The molecule has 0 amide bonds. The van der Waals surface area contributed by atoms with Gasteiger partial charge in [-0.15, -0.1) is 0 Å². The topological polar surface area (TPSA) is 71.5 Å². The molecule has 0 saturated carbocycles.